The lowest BCUT2D eigenvalue weighted by Gasteiger charge is -2.47. The summed E-state index contributed by atoms with van der Waals surface area (Å²) in [5.74, 6) is 6.85. The topological polar surface area (TPSA) is 0 Å². The van der Waals surface area contributed by atoms with E-state index < -0.39 is 0 Å². The zero-order chi connectivity index (χ0) is 14.1. The van der Waals surface area contributed by atoms with Crippen molar-refractivity contribution in [1.29, 1.82) is 0 Å². The van der Waals surface area contributed by atoms with Crippen molar-refractivity contribution in [3.8, 4) is 0 Å². The third kappa shape index (κ3) is 3.06. The summed E-state index contributed by atoms with van der Waals surface area (Å²) in [5, 5.41) is 0. The van der Waals surface area contributed by atoms with Gasteiger partial charge in [-0.25, -0.2) is 0 Å². The van der Waals surface area contributed by atoms with Crippen molar-refractivity contribution in [2.75, 3.05) is 0 Å². The molecule has 4 saturated carbocycles. The van der Waals surface area contributed by atoms with Gasteiger partial charge in [-0.3, -0.25) is 0 Å². The zero-order valence-corrected chi connectivity index (χ0v) is 14.1. The Labute approximate surface area is 132 Å². The van der Waals surface area contributed by atoms with Gasteiger partial charge in [-0.1, -0.05) is 77.0 Å². The molecule has 0 unspecified atom stereocenters. The molecule has 0 spiro atoms. The molecule has 0 nitrogen and oxygen atoms in total. The lowest BCUT2D eigenvalue weighted by molar-refractivity contribution is 0.0403. The molecule has 4 fully saturated rings. The molecular weight excluding hydrogens is 252 g/mol. The summed E-state index contributed by atoms with van der Waals surface area (Å²) in [4.78, 5) is 0. The minimum atomic E-state index is 1.13. The van der Waals surface area contributed by atoms with Crippen LogP contribution in [0.5, 0.6) is 0 Å². The van der Waals surface area contributed by atoms with E-state index in [4.69, 9.17) is 0 Å². The third-order valence-electron chi connectivity index (χ3n) is 8.05. The van der Waals surface area contributed by atoms with Gasteiger partial charge in [0.15, 0.2) is 0 Å². The SMILES string of the molecule is C1CC[C@@H]2[C@H](C1)CCC[C@@H]2C[C@@H]1CCC[C@H]2CCCC[C@@H]21. The fourth-order valence-electron chi connectivity index (χ4n) is 7.12. The van der Waals surface area contributed by atoms with Crippen molar-refractivity contribution in [2.24, 2.45) is 35.5 Å². The van der Waals surface area contributed by atoms with Gasteiger partial charge in [-0.2, -0.15) is 0 Å². The van der Waals surface area contributed by atoms with Gasteiger partial charge >= 0.3 is 0 Å². The van der Waals surface area contributed by atoms with Crippen LogP contribution in [0.1, 0.15) is 96.3 Å². The molecule has 0 heteroatoms. The molecule has 4 rings (SSSR count). The first-order valence-electron chi connectivity index (χ1n) is 10.4. The second kappa shape index (κ2) is 6.63. The number of fused-ring (bicyclic) bond motifs is 2. The second-order valence-electron chi connectivity index (χ2n) is 9.03. The van der Waals surface area contributed by atoms with Crippen LogP contribution in [-0.2, 0) is 0 Å². The number of hydrogen-bond acceptors (Lipinski definition) is 0. The molecule has 0 amide bonds. The molecule has 120 valence electrons. The molecule has 0 radical (unpaired) electrons. The Balaban J connectivity index is 1.41. The molecule has 0 N–H and O–H groups in total. The fraction of sp³-hybridized carbons (Fsp3) is 1.00. The molecule has 4 aliphatic carbocycles. The standard InChI is InChI=1S/C21H36/c1-3-13-20-16(7-1)9-5-11-18(20)15-19-12-6-10-17-8-2-4-14-21(17)19/h16-21H,1-15H2/t16-,17-,18-,19+,20-,21+/m1/s1. The second-order valence-corrected chi connectivity index (χ2v) is 9.03. The normalized spacial score (nSPS) is 47.4. The molecule has 0 aromatic rings. The average molecular weight is 289 g/mol. The first-order chi connectivity index (χ1) is 10.4. The van der Waals surface area contributed by atoms with Crippen molar-refractivity contribution < 1.29 is 0 Å². The first kappa shape index (κ1) is 14.6. The van der Waals surface area contributed by atoms with Gasteiger partial charge in [0, 0.05) is 0 Å². The molecular formula is C21H36. The van der Waals surface area contributed by atoms with Gasteiger partial charge in [0.2, 0.25) is 0 Å². The van der Waals surface area contributed by atoms with Gasteiger partial charge in [-0.05, 0) is 54.8 Å². The van der Waals surface area contributed by atoms with Gasteiger partial charge in [-0.15, -0.1) is 0 Å². The highest BCUT2D eigenvalue weighted by molar-refractivity contribution is 4.90. The Hall–Kier alpha value is 0. The summed E-state index contributed by atoms with van der Waals surface area (Å²) in [6, 6.07) is 0. The fourth-order valence-corrected chi connectivity index (χ4v) is 7.12. The van der Waals surface area contributed by atoms with E-state index in [0.717, 1.165) is 35.5 Å². The van der Waals surface area contributed by atoms with Crippen molar-refractivity contribution in [3.05, 3.63) is 0 Å². The van der Waals surface area contributed by atoms with E-state index in [1.54, 1.807) is 96.3 Å². The maximum atomic E-state index is 1.64. The van der Waals surface area contributed by atoms with E-state index in [1.807, 2.05) is 0 Å². The molecule has 4 aliphatic rings. The molecule has 0 bridgehead atoms. The first-order valence-corrected chi connectivity index (χ1v) is 10.4. The molecule has 0 aromatic heterocycles. The Morgan fingerprint density at radius 3 is 1.38 bits per heavy atom. The van der Waals surface area contributed by atoms with Gasteiger partial charge in [0.25, 0.3) is 0 Å². The highest BCUT2D eigenvalue weighted by atomic mass is 14.5. The van der Waals surface area contributed by atoms with E-state index in [1.165, 1.54) is 0 Å². The van der Waals surface area contributed by atoms with E-state index in [0.29, 0.717) is 0 Å². The maximum Gasteiger partial charge on any atom is -0.0357 e. The van der Waals surface area contributed by atoms with Crippen LogP contribution in [0.2, 0.25) is 0 Å². The lowest BCUT2D eigenvalue weighted by atomic mass is 9.59. The molecule has 0 aliphatic heterocycles. The molecule has 0 heterocycles. The Morgan fingerprint density at radius 2 is 0.857 bits per heavy atom. The number of hydrogen-bond donors (Lipinski definition) is 0. The lowest BCUT2D eigenvalue weighted by Crippen LogP contribution is -2.36. The molecule has 0 aromatic carbocycles. The van der Waals surface area contributed by atoms with E-state index in [9.17, 15) is 0 Å². The van der Waals surface area contributed by atoms with Gasteiger partial charge in [0.05, 0.1) is 0 Å². The van der Waals surface area contributed by atoms with Crippen LogP contribution in [0.3, 0.4) is 0 Å². The van der Waals surface area contributed by atoms with E-state index in [2.05, 4.69) is 0 Å². The Kier molecular flexibility index (Phi) is 4.60. The highest BCUT2D eigenvalue weighted by Gasteiger charge is 2.40. The van der Waals surface area contributed by atoms with Crippen molar-refractivity contribution in [2.45, 2.75) is 96.3 Å². The van der Waals surface area contributed by atoms with Gasteiger partial charge in [0.1, 0.15) is 0 Å². The van der Waals surface area contributed by atoms with Crippen LogP contribution < -0.4 is 0 Å². The van der Waals surface area contributed by atoms with Crippen molar-refractivity contribution in [3.63, 3.8) is 0 Å². The Morgan fingerprint density at radius 1 is 0.429 bits per heavy atom. The number of rotatable bonds is 2. The van der Waals surface area contributed by atoms with E-state index >= 15 is 0 Å². The smallest absolute Gasteiger partial charge is 0.0357 e. The molecule has 6 atom stereocenters. The predicted molar refractivity (Wildman–Crippen MR) is 90.2 cm³/mol. The monoisotopic (exact) mass is 288 g/mol. The van der Waals surface area contributed by atoms with Crippen molar-refractivity contribution >= 4 is 0 Å². The quantitative estimate of drug-likeness (QED) is 0.537. The summed E-state index contributed by atoms with van der Waals surface area (Å²) in [7, 11) is 0. The third-order valence-corrected chi connectivity index (χ3v) is 8.05. The van der Waals surface area contributed by atoms with Crippen LogP contribution >= 0.6 is 0 Å². The minimum Gasteiger partial charge on any atom is -0.0530 e. The molecule has 0 saturated heterocycles. The largest absolute Gasteiger partial charge is 0.0530 e. The van der Waals surface area contributed by atoms with Crippen LogP contribution in [-0.4, -0.2) is 0 Å². The van der Waals surface area contributed by atoms with Crippen LogP contribution in [0.25, 0.3) is 0 Å². The summed E-state index contributed by atoms with van der Waals surface area (Å²) in [6.45, 7) is 0. The summed E-state index contributed by atoms with van der Waals surface area (Å²) in [6.07, 6.45) is 23.6. The zero-order valence-electron chi connectivity index (χ0n) is 14.1. The average Bonchev–Trinajstić information content (AvgIpc) is 2.56. The highest BCUT2D eigenvalue weighted by Crippen LogP contribution is 2.51. The van der Waals surface area contributed by atoms with Gasteiger partial charge < -0.3 is 0 Å². The molecule has 21 heavy (non-hydrogen) atoms. The summed E-state index contributed by atoms with van der Waals surface area (Å²) < 4.78 is 0. The summed E-state index contributed by atoms with van der Waals surface area (Å²) in [5.41, 5.74) is 0. The maximum absolute atomic E-state index is 1.64. The predicted octanol–water partition coefficient (Wildman–Crippen LogP) is 6.59. The summed E-state index contributed by atoms with van der Waals surface area (Å²) >= 11 is 0. The van der Waals surface area contributed by atoms with Crippen LogP contribution in [0.15, 0.2) is 0 Å². The Bertz CT molecular complexity index is 297. The van der Waals surface area contributed by atoms with E-state index in [-0.39, 0.29) is 0 Å². The van der Waals surface area contributed by atoms with Crippen molar-refractivity contribution in [1.82, 2.24) is 0 Å². The minimum absolute atomic E-state index is 1.13. The van der Waals surface area contributed by atoms with Crippen LogP contribution in [0.4, 0.5) is 0 Å². The van der Waals surface area contributed by atoms with Crippen LogP contribution in [0, 0.1) is 35.5 Å².